The maximum atomic E-state index is 12.2. The van der Waals surface area contributed by atoms with Crippen LogP contribution >= 0.6 is 0 Å². The minimum atomic E-state index is -2.54. The van der Waals surface area contributed by atoms with Crippen LogP contribution in [-0.4, -0.2) is 38.1 Å². The summed E-state index contributed by atoms with van der Waals surface area (Å²) >= 11 is 0. The summed E-state index contributed by atoms with van der Waals surface area (Å²) < 4.78 is 24.7. The number of rotatable bonds is 2. The molecule has 0 rings (SSSR count). The SMILES string of the molecule is CC(F)(F)C[N+](C)(C)C. The highest BCUT2D eigenvalue weighted by atomic mass is 19.3. The summed E-state index contributed by atoms with van der Waals surface area (Å²) in [6.07, 6.45) is 0. The van der Waals surface area contributed by atoms with Gasteiger partial charge in [0, 0.05) is 6.92 Å². The monoisotopic (exact) mass is 138 g/mol. The van der Waals surface area contributed by atoms with Gasteiger partial charge in [-0.05, 0) is 0 Å². The van der Waals surface area contributed by atoms with E-state index < -0.39 is 5.92 Å². The predicted octanol–water partition coefficient (Wildman–Crippen LogP) is 1.35. The molecule has 0 radical (unpaired) electrons. The normalized spacial score (nSPS) is 14.0. The summed E-state index contributed by atoms with van der Waals surface area (Å²) in [4.78, 5) is 0. The fourth-order valence-corrected chi connectivity index (χ4v) is 0.833. The van der Waals surface area contributed by atoms with Crippen molar-refractivity contribution in [1.82, 2.24) is 0 Å². The molecular formula is C6H14F2N+. The van der Waals surface area contributed by atoms with E-state index in [9.17, 15) is 8.78 Å². The Kier molecular flexibility index (Phi) is 2.17. The standard InChI is InChI=1S/C6H14F2N/c1-6(7,8)5-9(2,3)4/h5H2,1-4H3/q+1. The molecule has 1 nitrogen and oxygen atoms in total. The van der Waals surface area contributed by atoms with E-state index in [0.717, 1.165) is 6.92 Å². The summed E-state index contributed by atoms with van der Waals surface area (Å²) in [7, 11) is 5.24. The molecule has 0 heterocycles. The number of quaternary nitrogens is 1. The number of hydrogen-bond acceptors (Lipinski definition) is 0. The molecule has 9 heavy (non-hydrogen) atoms. The number of nitrogens with zero attached hydrogens (tertiary/aromatic N) is 1. The van der Waals surface area contributed by atoms with Crippen LogP contribution in [0.2, 0.25) is 0 Å². The van der Waals surface area contributed by atoms with Gasteiger partial charge in [-0.25, -0.2) is 8.78 Å². The average Bonchev–Trinajstić information content (AvgIpc) is 1.14. The van der Waals surface area contributed by atoms with Crippen LogP contribution in [0.4, 0.5) is 8.78 Å². The van der Waals surface area contributed by atoms with E-state index in [1.807, 2.05) is 0 Å². The van der Waals surface area contributed by atoms with Crippen LogP contribution in [0.25, 0.3) is 0 Å². The molecule has 0 N–H and O–H groups in total. The lowest BCUT2D eigenvalue weighted by atomic mass is 10.3. The zero-order valence-electron chi connectivity index (χ0n) is 6.41. The number of alkyl halides is 2. The molecule has 0 unspecified atom stereocenters. The van der Waals surface area contributed by atoms with Crippen LogP contribution in [0, 0.1) is 0 Å². The van der Waals surface area contributed by atoms with Crippen molar-refractivity contribution in [3.8, 4) is 0 Å². The molecule has 0 spiro atoms. The lowest BCUT2D eigenvalue weighted by Gasteiger charge is -2.26. The van der Waals surface area contributed by atoms with Crippen LogP contribution < -0.4 is 0 Å². The van der Waals surface area contributed by atoms with E-state index in [-0.39, 0.29) is 6.54 Å². The van der Waals surface area contributed by atoms with Crippen molar-refractivity contribution in [3.05, 3.63) is 0 Å². The van der Waals surface area contributed by atoms with Gasteiger partial charge in [-0.1, -0.05) is 0 Å². The third-order valence-corrected chi connectivity index (χ3v) is 0.752. The van der Waals surface area contributed by atoms with Crippen molar-refractivity contribution in [2.45, 2.75) is 12.8 Å². The van der Waals surface area contributed by atoms with E-state index in [0.29, 0.717) is 4.48 Å². The molecule has 3 heteroatoms. The predicted molar refractivity (Wildman–Crippen MR) is 33.5 cm³/mol. The van der Waals surface area contributed by atoms with E-state index in [1.165, 1.54) is 0 Å². The van der Waals surface area contributed by atoms with E-state index in [2.05, 4.69) is 0 Å². The van der Waals surface area contributed by atoms with Gasteiger partial charge in [0.1, 0.15) is 6.54 Å². The third kappa shape index (κ3) is 7.82. The zero-order chi connectivity index (χ0) is 7.71. The fraction of sp³-hybridized carbons (Fsp3) is 1.00. The van der Waals surface area contributed by atoms with Crippen LogP contribution in [0.1, 0.15) is 6.92 Å². The minimum absolute atomic E-state index is 0.104. The second kappa shape index (κ2) is 2.21. The quantitative estimate of drug-likeness (QED) is 0.505. The molecule has 0 atom stereocenters. The minimum Gasteiger partial charge on any atom is -0.326 e. The highest BCUT2D eigenvalue weighted by Gasteiger charge is 2.29. The van der Waals surface area contributed by atoms with Crippen molar-refractivity contribution in [1.29, 1.82) is 0 Å². The van der Waals surface area contributed by atoms with Gasteiger partial charge in [0.2, 0.25) is 0 Å². The maximum absolute atomic E-state index is 12.2. The Hall–Kier alpha value is -0.180. The highest BCUT2D eigenvalue weighted by Crippen LogP contribution is 2.14. The van der Waals surface area contributed by atoms with Crippen molar-refractivity contribution >= 4 is 0 Å². The van der Waals surface area contributed by atoms with Gasteiger partial charge in [-0.15, -0.1) is 0 Å². The van der Waals surface area contributed by atoms with Gasteiger partial charge in [0.15, 0.2) is 0 Å². The van der Waals surface area contributed by atoms with Crippen LogP contribution in [-0.2, 0) is 0 Å². The summed E-state index contributed by atoms with van der Waals surface area (Å²) in [6, 6.07) is 0. The Labute approximate surface area is 54.9 Å². The highest BCUT2D eigenvalue weighted by molar-refractivity contribution is 4.53. The largest absolute Gasteiger partial charge is 0.326 e. The van der Waals surface area contributed by atoms with E-state index in [4.69, 9.17) is 0 Å². The van der Waals surface area contributed by atoms with Crippen molar-refractivity contribution in [2.75, 3.05) is 27.7 Å². The van der Waals surface area contributed by atoms with Gasteiger partial charge in [-0.3, -0.25) is 0 Å². The second-order valence-electron chi connectivity index (χ2n) is 3.52. The first kappa shape index (κ1) is 8.82. The lowest BCUT2D eigenvalue weighted by Crippen LogP contribution is -2.43. The molecule has 0 saturated heterocycles. The molecule has 0 aromatic carbocycles. The molecule has 0 bridgehead atoms. The summed E-state index contributed by atoms with van der Waals surface area (Å²) in [5, 5.41) is 0. The van der Waals surface area contributed by atoms with Gasteiger partial charge in [-0.2, -0.15) is 0 Å². The molecule has 56 valence electrons. The first-order valence-electron chi connectivity index (χ1n) is 2.89. The molecule has 0 saturated carbocycles. The number of hydrogen-bond donors (Lipinski definition) is 0. The van der Waals surface area contributed by atoms with Crippen molar-refractivity contribution in [2.24, 2.45) is 0 Å². The van der Waals surface area contributed by atoms with Gasteiger partial charge in [0.25, 0.3) is 5.92 Å². The van der Waals surface area contributed by atoms with Crippen LogP contribution in [0.3, 0.4) is 0 Å². The van der Waals surface area contributed by atoms with Crippen molar-refractivity contribution < 1.29 is 13.3 Å². The Balaban J connectivity index is 3.75. The third-order valence-electron chi connectivity index (χ3n) is 0.752. The smallest absolute Gasteiger partial charge is 0.292 e. The average molecular weight is 138 g/mol. The molecule has 0 fully saturated rings. The molecule has 0 aliphatic heterocycles. The number of halogens is 2. The molecule has 0 aliphatic rings. The second-order valence-corrected chi connectivity index (χ2v) is 3.52. The van der Waals surface area contributed by atoms with E-state index in [1.54, 1.807) is 21.1 Å². The van der Waals surface area contributed by atoms with Crippen molar-refractivity contribution in [3.63, 3.8) is 0 Å². The molecular weight excluding hydrogens is 124 g/mol. The Morgan fingerprint density at radius 2 is 1.56 bits per heavy atom. The maximum Gasteiger partial charge on any atom is 0.292 e. The first-order valence-corrected chi connectivity index (χ1v) is 2.89. The first-order chi connectivity index (χ1) is 3.71. The summed E-state index contributed by atoms with van der Waals surface area (Å²) in [6.45, 7) is 0.837. The van der Waals surface area contributed by atoms with Crippen LogP contribution in [0.15, 0.2) is 0 Å². The van der Waals surface area contributed by atoms with Gasteiger partial charge in [0.05, 0.1) is 21.1 Å². The molecule has 0 aromatic heterocycles. The Morgan fingerprint density at radius 1 is 1.22 bits per heavy atom. The van der Waals surface area contributed by atoms with Gasteiger partial charge < -0.3 is 4.48 Å². The fourth-order valence-electron chi connectivity index (χ4n) is 0.833. The summed E-state index contributed by atoms with van der Waals surface area (Å²) in [5.74, 6) is -2.54. The van der Waals surface area contributed by atoms with Crippen LogP contribution in [0.5, 0.6) is 0 Å². The Morgan fingerprint density at radius 3 is 1.56 bits per heavy atom. The molecule has 0 aromatic rings. The Bertz CT molecular complexity index is 76.2. The zero-order valence-corrected chi connectivity index (χ0v) is 6.41. The van der Waals surface area contributed by atoms with Gasteiger partial charge >= 0.3 is 0 Å². The summed E-state index contributed by atoms with van der Waals surface area (Å²) in [5.41, 5.74) is 0. The topological polar surface area (TPSA) is 0 Å². The lowest BCUT2D eigenvalue weighted by molar-refractivity contribution is -0.878. The molecule has 0 aliphatic carbocycles. The van der Waals surface area contributed by atoms with E-state index >= 15 is 0 Å². The molecule has 0 amide bonds.